The molecule has 1 aliphatic carbocycles. The first kappa shape index (κ1) is 21.7. The molecule has 1 heterocycles. The number of amides is 2. The van der Waals surface area contributed by atoms with Crippen LogP contribution in [0.25, 0.3) is 10.9 Å². The van der Waals surface area contributed by atoms with Gasteiger partial charge >= 0.3 is 0 Å². The first-order valence-corrected chi connectivity index (χ1v) is 10.8. The van der Waals surface area contributed by atoms with Gasteiger partial charge < -0.3 is 15.4 Å². The maximum Gasteiger partial charge on any atom is 0.257 e. The van der Waals surface area contributed by atoms with E-state index < -0.39 is 5.82 Å². The summed E-state index contributed by atoms with van der Waals surface area (Å²) in [5, 5.41) is 6.28. The van der Waals surface area contributed by atoms with E-state index in [1.807, 2.05) is 18.2 Å². The van der Waals surface area contributed by atoms with Crippen molar-refractivity contribution < 1.29 is 18.7 Å². The van der Waals surface area contributed by atoms with Crippen molar-refractivity contribution in [2.75, 3.05) is 17.7 Å². The van der Waals surface area contributed by atoms with E-state index in [9.17, 15) is 14.0 Å². The molecule has 3 aromatic rings. The van der Waals surface area contributed by atoms with Crippen LogP contribution in [0.4, 0.5) is 15.8 Å². The number of hydrogen-bond donors (Lipinski definition) is 2. The molecule has 0 aliphatic heterocycles. The van der Waals surface area contributed by atoms with Crippen molar-refractivity contribution in [2.24, 2.45) is 5.92 Å². The number of hydrogen-bond acceptors (Lipinski definition) is 4. The quantitative estimate of drug-likeness (QED) is 0.558. The lowest BCUT2D eigenvalue weighted by atomic mass is 9.88. The first-order chi connectivity index (χ1) is 15.4. The number of pyridine rings is 1. The van der Waals surface area contributed by atoms with Crippen LogP contribution in [0, 0.1) is 18.7 Å². The van der Waals surface area contributed by atoms with Gasteiger partial charge in [0.15, 0.2) is 0 Å². The number of nitrogens with one attached hydrogen (secondary N) is 2. The molecule has 1 aliphatic rings. The second kappa shape index (κ2) is 9.34. The van der Waals surface area contributed by atoms with Crippen molar-refractivity contribution in [1.29, 1.82) is 0 Å². The van der Waals surface area contributed by atoms with E-state index in [1.54, 1.807) is 20.1 Å². The number of anilines is 2. The summed E-state index contributed by atoms with van der Waals surface area (Å²) in [6.45, 7) is 1.76. The van der Waals surface area contributed by atoms with Gasteiger partial charge in [-0.25, -0.2) is 4.39 Å². The van der Waals surface area contributed by atoms with Gasteiger partial charge in [-0.2, -0.15) is 0 Å². The van der Waals surface area contributed by atoms with E-state index in [4.69, 9.17) is 4.74 Å². The molecule has 0 atom stereocenters. The van der Waals surface area contributed by atoms with Gasteiger partial charge in [-0.3, -0.25) is 14.6 Å². The third kappa shape index (κ3) is 4.72. The fourth-order valence-corrected chi connectivity index (χ4v) is 4.10. The normalized spacial score (nSPS) is 14.2. The number of aromatic nitrogens is 1. The van der Waals surface area contributed by atoms with E-state index >= 15 is 0 Å². The number of ether oxygens (including phenoxy) is 1. The maximum atomic E-state index is 14.3. The van der Waals surface area contributed by atoms with Crippen LogP contribution in [0.5, 0.6) is 5.75 Å². The SMILES string of the molecule is COc1ccc2cc(C(=O)Nc3ccc(F)c(NC(=O)C4CCCCC4)c3)c(C)nc2c1. The average molecular weight is 435 g/mol. The largest absolute Gasteiger partial charge is 0.497 e. The molecule has 0 unspecified atom stereocenters. The third-order valence-corrected chi connectivity index (χ3v) is 5.92. The molecule has 0 radical (unpaired) electrons. The van der Waals surface area contributed by atoms with Gasteiger partial charge in [0, 0.05) is 23.1 Å². The van der Waals surface area contributed by atoms with Crippen molar-refractivity contribution in [3.05, 3.63) is 59.5 Å². The first-order valence-electron chi connectivity index (χ1n) is 10.8. The highest BCUT2D eigenvalue weighted by atomic mass is 19.1. The predicted molar refractivity (Wildman–Crippen MR) is 123 cm³/mol. The highest BCUT2D eigenvalue weighted by Gasteiger charge is 2.22. The Hall–Kier alpha value is -3.48. The Labute approximate surface area is 186 Å². The minimum atomic E-state index is -0.537. The average Bonchev–Trinajstić information content (AvgIpc) is 2.80. The van der Waals surface area contributed by atoms with Crippen LogP contribution in [0.2, 0.25) is 0 Å². The van der Waals surface area contributed by atoms with E-state index in [-0.39, 0.29) is 23.4 Å². The molecule has 1 fully saturated rings. The van der Waals surface area contributed by atoms with E-state index in [0.717, 1.165) is 43.0 Å². The van der Waals surface area contributed by atoms with Gasteiger partial charge in [0.05, 0.1) is 29.6 Å². The van der Waals surface area contributed by atoms with Crippen LogP contribution < -0.4 is 15.4 Å². The molecule has 2 aromatic carbocycles. The summed E-state index contributed by atoms with van der Waals surface area (Å²) in [5.74, 6) is -0.465. The second-order valence-electron chi connectivity index (χ2n) is 8.15. The lowest BCUT2D eigenvalue weighted by Gasteiger charge is -2.21. The summed E-state index contributed by atoms with van der Waals surface area (Å²) in [5.41, 5.74) is 2.17. The summed E-state index contributed by atoms with van der Waals surface area (Å²) in [4.78, 5) is 29.9. The standard InChI is InChI=1S/C25H26FN3O3/c1-15-20(12-17-8-10-19(32-2)14-22(17)27-15)25(31)28-18-9-11-21(26)23(13-18)29-24(30)16-6-4-3-5-7-16/h8-14,16H,3-7H2,1-2H3,(H,28,31)(H,29,30). The second-order valence-corrected chi connectivity index (χ2v) is 8.15. The topological polar surface area (TPSA) is 80.3 Å². The van der Waals surface area contributed by atoms with Crippen molar-refractivity contribution in [2.45, 2.75) is 39.0 Å². The number of benzene rings is 2. The zero-order valence-corrected chi connectivity index (χ0v) is 18.2. The molecule has 1 aromatic heterocycles. The van der Waals surface area contributed by atoms with E-state index in [0.29, 0.717) is 22.7 Å². The van der Waals surface area contributed by atoms with Crippen molar-refractivity contribution in [1.82, 2.24) is 4.98 Å². The van der Waals surface area contributed by atoms with Gasteiger partial charge in [0.25, 0.3) is 5.91 Å². The lowest BCUT2D eigenvalue weighted by molar-refractivity contribution is -0.120. The van der Waals surface area contributed by atoms with E-state index in [2.05, 4.69) is 15.6 Å². The van der Waals surface area contributed by atoms with Crippen LogP contribution in [0.3, 0.4) is 0 Å². The Bertz CT molecular complexity index is 1170. The van der Waals surface area contributed by atoms with Gasteiger partial charge in [-0.05, 0) is 56.2 Å². The minimum Gasteiger partial charge on any atom is -0.497 e. The number of fused-ring (bicyclic) bond motifs is 1. The molecule has 1 saturated carbocycles. The van der Waals surface area contributed by atoms with Crippen LogP contribution in [0.15, 0.2) is 42.5 Å². The molecule has 32 heavy (non-hydrogen) atoms. The molecule has 2 N–H and O–H groups in total. The summed E-state index contributed by atoms with van der Waals surface area (Å²) in [6, 6.07) is 11.4. The Morgan fingerprint density at radius 2 is 1.81 bits per heavy atom. The van der Waals surface area contributed by atoms with Gasteiger partial charge in [0.1, 0.15) is 11.6 Å². The fraction of sp³-hybridized carbons (Fsp3) is 0.320. The molecular weight excluding hydrogens is 409 g/mol. The predicted octanol–water partition coefficient (Wildman–Crippen LogP) is 5.46. The summed E-state index contributed by atoms with van der Waals surface area (Å²) >= 11 is 0. The molecule has 7 heteroatoms. The third-order valence-electron chi connectivity index (χ3n) is 5.92. The van der Waals surface area contributed by atoms with Gasteiger partial charge in [-0.1, -0.05) is 19.3 Å². The number of carbonyl (C=O) groups is 2. The molecule has 166 valence electrons. The van der Waals surface area contributed by atoms with E-state index in [1.165, 1.54) is 18.2 Å². The van der Waals surface area contributed by atoms with Gasteiger partial charge in [-0.15, -0.1) is 0 Å². The Kier molecular flexibility index (Phi) is 6.35. The zero-order chi connectivity index (χ0) is 22.7. The number of nitrogens with zero attached hydrogens (tertiary/aromatic N) is 1. The molecule has 6 nitrogen and oxygen atoms in total. The van der Waals surface area contributed by atoms with Crippen molar-refractivity contribution in [3.8, 4) is 5.75 Å². The van der Waals surface area contributed by atoms with Crippen LogP contribution >= 0.6 is 0 Å². The number of rotatable bonds is 5. The highest BCUT2D eigenvalue weighted by molar-refractivity contribution is 6.07. The van der Waals surface area contributed by atoms with Crippen LogP contribution in [-0.4, -0.2) is 23.9 Å². The fourth-order valence-electron chi connectivity index (χ4n) is 4.10. The zero-order valence-electron chi connectivity index (χ0n) is 18.2. The summed E-state index contributed by atoms with van der Waals surface area (Å²) in [6.07, 6.45) is 4.81. The molecular formula is C25H26FN3O3. The smallest absolute Gasteiger partial charge is 0.257 e. The Morgan fingerprint density at radius 3 is 2.56 bits per heavy atom. The lowest BCUT2D eigenvalue weighted by Crippen LogP contribution is -2.25. The Balaban J connectivity index is 1.52. The molecule has 4 rings (SSSR count). The monoisotopic (exact) mass is 435 g/mol. The van der Waals surface area contributed by atoms with Crippen molar-refractivity contribution >= 4 is 34.1 Å². The number of halogens is 1. The maximum absolute atomic E-state index is 14.3. The summed E-state index contributed by atoms with van der Waals surface area (Å²) < 4.78 is 19.5. The van der Waals surface area contributed by atoms with Crippen molar-refractivity contribution in [3.63, 3.8) is 0 Å². The Morgan fingerprint density at radius 1 is 1.03 bits per heavy atom. The summed E-state index contributed by atoms with van der Waals surface area (Å²) in [7, 11) is 1.59. The molecule has 2 amide bonds. The number of methoxy groups -OCH3 is 1. The van der Waals surface area contributed by atoms with Crippen LogP contribution in [-0.2, 0) is 4.79 Å². The molecule has 0 bridgehead atoms. The molecule has 0 spiro atoms. The number of aryl methyl sites for hydroxylation is 1. The molecule has 0 saturated heterocycles. The highest BCUT2D eigenvalue weighted by Crippen LogP contribution is 2.27. The number of carbonyl (C=O) groups excluding carboxylic acids is 2. The minimum absolute atomic E-state index is 0.0684. The van der Waals surface area contributed by atoms with Crippen LogP contribution in [0.1, 0.15) is 48.2 Å². The van der Waals surface area contributed by atoms with Gasteiger partial charge in [0.2, 0.25) is 5.91 Å².